The van der Waals surface area contributed by atoms with E-state index >= 15 is 0 Å². The van der Waals surface area contributed by atoms with Crippen molar-refractivity contribution in [1.82, 2.24) is 0 Å². The number of hydrogen-bond acceptors (Lipinski definition) is 5. The number of allylic oxidation sites excluding steroid dienone is 4. The maximum absolute atomic E-state index is 12.8. The van der Waals surface area contributed by atoms with Crippen LogP contribution in [0.2, 0.25) is 0 Å². The lowest BCUT2D eigenvalue weighted by Gasteiger charge is -2.09. The molecule has 0 aliphatic carbocycles. The molecular weight excluding hydrogens is 456 g/mol. The van der Waals surface area contributed by atoms with Gasteiger partial charge in [-0.3, -0.25) is 0 Å². The molecule has 0 unspecified atom stereocenters. The molecule has 0 radical (unpaired) electrons. The van der Waals surface area contributed by atoms with Crippen LogP contribution in [0.1, 0.15) is 12.5 Å². The Balaban J connectivity index is 1.79. The summed E-state index contributed by atoms with van der Waals surface area (Å²) >= 11 is 0. The van der Waals surface area contributed by atoms with Crippen molar-refractivity contribution in [2.24, 2.45) is 0 Å². The van der Waals surface area contributed by atoms with E-state index in [9.17, 15) is 16.8 Å². The van der Waals surface area contributed by atoms with Crippen molar-refractivity contribution in [3.63, 3.8) is 0 Å². The first-order valence-electron chi connectivity index (χ1n) is 10.1. The molecular formula is C26H24O5S2. The fourth-order valence-corrected chi connectivity index (χ4v) is 5.63. The first-order valence-corrected chi connectivity index (χ1v) is 13.1. The molecule has 0 atom stereocenters. The molecule has 0 bridgehead atoms. The van der Waals surface area contributed by atoms with Crippen molar-refractivity contribution >= 4 is 19.7 Å². The lowest BCUT2D eigenvalue weighted by molar-refractivity contribution is 0.481. The summed E-state index contributed by atoms with van der Waals surface area (Å²) in [6, 6.07) is 18.8. The number of sulfone groups is 2. The minimum Gasteiger partial charge on any atom is -0.457 e. The minimum absolute atomic E-state index is 0.126. The zero-order valence-corrected chi connectivity index (χ0v) is 19.9. The van der Waals surface area contributed by atoms with Gasteiger partial charge in [0.15, 0.2) is 0 Å². The maximum atomic E-state index is 12.8. The van der Waals surface area contributed by atoms with E-state index in [1.807, 2.05) is 6.92 Å². The lowest BCUT2D eigenvalue weighted by Crippen LogP contribution is -2.03. The van der Waals surface area contributed by atoms with Crippen LogP contribution in [-0.4, -0.2) is 16.8 Å². The monoisotopic (exact) mass is 480 g/mol. The Kier molecular flexibility index (Phi) is 7.36. The van der Waals surface area contributed by atoms with Gasteiger partial charge in [0.1, 0.15) is 11.5 Å². The summed E-state index contributed by atoms with van der Waals surface area (Å²) < 4.78 is 56.9. The van der Waals surface area contributed by atoms with E-state index in [0.29, 0.717) is 11.5 Å². The number of benzene rings is 3. The fourth-order valence-electron chi connectivity index (χ4n) is 3.01. The first-order chi connectivity index (χ1) is 15.7. The highest BCUT2D eigenvalue weighted by Gasteiger charge is 2.19. The highest BCUT2D eigenvalue weighted by atomic mass is 32.2. The van der Waals surface area contributed by atoms with E-state index in [4.69, 9.17) is 4.74 Å². The lowest BCUT2D eigenvalue weighted by atomic mass is 10.2. The third-order valence-electron chi connectivity index (χ3n) is 4.76. The van der Waals surface area contributed by atoms with Crippen molar-refractivity contribution < 1.29 is 21.6 Å². The number of ether oxygens (including phenoxy) is 1. The molecule has 0 aromatic heterocycles. The summed E-state index contributed by atoms with van der Waals surface area (Å²) in [5.41, 5.74) is 0.978. The number of hydrogen-bond donors (Lipinski definition) is 0. The van der Waals surface area contributed by atoms with Crippen molar-refractivity contribution in [3.8, 4) is 11.5 Å². The molecule has 5 nitrogen and oxygen atoms in total. The van der Waals surface area contributed by atoms with Crippen LogP contribution in [0.4, 0.5) is 0 Å². The first kappa shape index (κ1) is 24.2. The minimum atomic E-state index is -3.69. The molecule has 0 aliphatic rings. The molecule has 3 rings (SSSR count). The topological polar surface area (TPSA) is 77.5 Å². The van der Waals surface area contributed by atoms with Gasteiger partial charge in [-0.1, -0.05) is 36.4 Å². The molecule has 0 aliphatic heterocycles. The van der Waals surface area contributed by atoms with Gasteiger partial charge in [0.2, 0.25) is 19.7 Å². The third kappa shape index (κ3) is 5.50. The summed E-state index contributed by atoms with van der Waals surface area (Å²) in [6.45, 7) is 7.19. The molecule has 3 aromatic rings. The molecule has 0 amide bonds. The molecule has 0 saturated carbocycles. The van der Waals surface area contributed by atoms with E-state index in [0.717, 1.165) is 5.56 Å². The molecule has 3 aromatic carbocycles. The van der Waals surface area contributed by atoms with Gasteiger partial charge in [0.05, 0.1) is 19.6 Å². The summed E-state index contributed by atoms with van der Waals surface area (Å²) in [4.78, 5) is 0.645. The molecule has 0 saturated heterocycles. The smallest absolute Gasteiger partial charge is 0.206 e. The van der Waals surface area contributed by atoms with Crippen LogP contribution < -0.4 is 4.74 Å². The Morgan fingerprint density at radius 1 is 0.758 bits per heavy atom. The van der Waals surface area contributed by atoms with Gasteiger partial charge in [0, 0.05) is 0 Å². The average molecular weight is 481 g/mol. The van der Waals surface area contributed by atoms with Crippen LogP contribution >= 0.6 is 0 Å². The standard InChI is InChI=1S/C26H24O5S2/c1-4-6-23(7-5-2)32(27,28)25-16-10-21(11-17-25)31-22-12-18-26(19-13-22)33(29,30)24-14-8-20(3)9-15-24/h4-19H,1H2,2-3H3/b7-5-,23-6+. The van der Waals surface area contributed by atoms with Crippen LogP contribution in [0.3, 0.4) is 0 Å². The predicted octanol–water partition coefficient (Wildman–Crippen LogP) is 6.04. The van der Waals surface area contributed by atoms with E-state index < -0.39 is 19.7 Å². The second-order valence-electron chi connectivity index (χ2n) is 7.17. The Bertz CT molecular complexity index is 1400. The molecule has 33 heavy (non-hydrogen) atoms. The quantitative estimate of drug-likeness (QED) is 0.367. The molecule has 0 spiro atoms. The normalized spacial score (nSPS) is 12.6. The van der Waals surface area contributed by atoms with Crippen LogP contribution in [0.15, 0.2) is 123 Å². The molecule has 0 heterocycles. The Morgan fingerprint density at radius 2 is 1.21 bits per heavy atom. The van der Waals surface area contributed by atoms with Crippen molar-refractivity contribution in [1.29, 1.82) is 0 Å². The van der Waals surface area contributed by atoms with E-state index in [2.05, 4.69) is 6.58 Å². The van der Waals surface area contributed by atoms with E-state index in [1.165, 1.54) is 42.5 Å². The van der Waals surface area contributed by atoms with Gasteiger partial charge >= 0.3 is 0 Å². The predicted molar refractivity (Wildman–Crippen MR) is 130 cm³/mol. The largest absolute Gasteiger partial charge is 0.457 e. The number of aryl methyl sites for hydroxylation is 1. The second-order valence-corrected chi connectivity index (χ2v) is 11.1. The SMILES string of the molecule is C=C/C=C(\C=C/C)S(=O)(=O)c1ccc(Oc2ccc(S(=O)(=O)c3ccc(C)cc3)cc2)cc1. The van der Waals surface area contributed by atoms with Crippen LogP contribution in [0.25, 0.3) is 0 Å². The van der Waals surface area contributed by atoms with Gasteiger partial charge in [-0.25, -0.2) is 16.8 Å². The summed E-state index contributed by atoms with van der Waals surface area (Å²) in [5.74, 6) is 0.845. The van der Waals surface area contributed by atoms with E-state index in [-0.39, 0.29) is 19.6 Å². The fraction of sp³-hybridized carbons (Fsp3) is 0.0769. The van der Waals surface area contributed by atoms with Crippen molar-refractivity contribution in [2.75, 3.05) is 0 Å². The van der Waals surface area contributed by atoms with Crippen molar-refractivity contribution in [3.05, 3.63) is 114 Å². The molecule has 170 valence electrons. The van der Waals surface area contributed by atoms with Crippen LogP contribution in [0, 0.1) is 6.92 Å². The summed E-state index contributed by atoms with van der Waals surface area (Å²) in [5, 5.41) is 0. The maximum Gasteiger partial charge on any atom is 0.206 e. The average Bonchev–Trinajstić information content (AvgIpc) is 2.80. The Morgan fingerprint density at radius 3 is 1.67 bits per heavy atom. The van der Waals surface area contributed by atoms with Gasteiger partial charge in [-0.05, 0) is 86.7 Å². The van der Waals surface area contributed by atoms with Crippen LogP contribution in [-0.2, 0) is 19.7 Å². The summed E-state index contributed by atoms with van der Waals surface area (Å²) in [7, 11) is -7.31. The van der Waals surface area contributed by atoms with Gasteiger partial charge in [-0.15, -0.1) is 0 Å². The van der Waals surface area contributed by atoms with Gasteiger partial charge < -0.3 is 4.74 Å². The molecule has 0 N–H and O–H groups in total. The van der Waals surface area contributed by atoms with E-state index in [1.54, 1.807) is 61.5 Å². The van der Waals surface area contributed by atoms with Crippen molar-refractivity contribution in [2.45, 2.75) is 28.5 Å². The van der Waals surface area contributed by atoms with Gasteiger partial charge in [-0.2, -0.15) is 0 Å². The number of rotatable bonds is 8. The Labute approximate surface area is 195 Å². The highest BCUT2D eigenvalue weighted by Crippen LogP contribution is 2.28. The summed E-state index contributed by atoms with van der Waals surface area (Å²) in [6.07, 6.45) is 6.01. The zero-order valence-electron chi connectivity index (χ0n) is 18.3. The van der Waals surface area contributed by atoms with Gasteiger partial charge in [0.25, 0.3) is 0 Å². The highest BCUT2D eigenvalue weighted by molar-refractivity contribution is 7.95. The zero-order chi connectivity index (χ0) is 24.1. The van der Waals surface area contributed by atoms with Crippen LogP contribution in [0.5, 0.6) is 11.5 Å². The second kappa shape index (κ2) is 10.0. The molecule has 7 heteroatoms. The third-order valence-corrected chi connectivity index (χ3v) is 8.33. The Hall–Kier alpha value is -3.42. The molecule has 0 fully saturated rings.